The largest absolute Gasteiger partial charge is 0.399 e. The smallest absolute Gasteiger partial charge is 0.220 e. The Morgan fingerprint density at radius 1 is 1.38 bits per heavy atom. The first-order valence-electron chi connectivity index (χ1n) is 8.25. The van der Waals surface area contributed by atoms with Crippen LogP contribution in [0.15, 0.2) is 24.3 Å². The van der Waals surface area contributed by atoms with E-state index < -0.39 is 0 Å². The summed E-state index contributed by atoms with van der Waals surface area (Å²) in [5.41, 5.74) is 7.67. The molecule has 0 aromatic heterocycles. The normalized spacial score (nSPS) is 28.5. The summed E-state index contributed by atoms with van der Waals surface area (Å²) in [6.45, 7) is 2.18. The third-order valence-electron chi connectivity index (χ3n) is 5.42. The molecule has 2 saturated carbocycles. The Labute approximate surface area is 127 Å². The van der Waals surface area contributed by atoms with Gasteiger partial charge in [0.2, 0.25) is 5.91 Å². The van der Waals surface area contributed by atoms with Crippen LogP contribution >= 0.6 is 0 Å². The molecule has 2 bridgehead atoms. The van der Waals surface area contributed by atoms with E-state index in [0.717, 1.165) is 29.5 Å². The second-order valence-corrected chi connectivity index (χ2v) is 6.94. The standard InChI is InChI=1S/C18H26N2O/c1-12(17-11-14-5-7-15(17)9-14)20-18(21)8-6-13-3-2-4-16(19)10-13/h2-4,10,12,14-15,17H,5-9,11,19H2,1H3,(H,20,21). The molecule has 21 heavy (non-hydrogen) atoms. The van der Waals surface area contributed by atoms with Gasteiger partial charge in [0.1, 0.15) is 0 Å². The quantitative estimate of drug-likeness (QED) is 0.817. The van der Waals surface area contributed by atoms with Crippen molar-refractivity contribution in [1.82, 2.24) is 5.32 Å². The summed E-state index contributed by atoms with van der Waals surface area (Å²) >= 11 is 0. The molecule has 3 N–H and O–H groups in total. The summed E-state index contributed by atoms with van der Waals surface area (Å²) in [5, 5.41) is 3.22. The summed E-state index contributed by atoms with van der Waals surface area (Å²) in [6, 6.07) is 8.13. The lowest BCUT2D eigenvalue weighted by atomic mass is 9.84. The molecule has 2 aliphatic rings. The zero-order valence-electron chi connectivity index (χ0n) is 12.8. The van der Waals surface area contributed by atoms with Crippen LogP contribution in [0.5, 0.6) is 0 Å². The van der Waals surface area contributed by atoms with Crippen LogP contribution in [0.2, 0.25) is 0 Å². The highest BCUT2D eigenvalue weighted by Gasteiger charge is 2.41. The Morgan fingerprint density at radius 3 is 2.90 bits per heavy atom. The number of nitrogen functional groups attached to an aromatic ring is 1. The van der Waals surface area contributed by atoms with Gasteiger partial charge in [-0.3, -0.25) is 4.79 Å². The van der Waals surface area contributed by atoms with Crippen molar-refractivity contribution in [2.75, 3.05) is 5.73 Å². The maximum atomic E-state index is 12.1. The molecule has 0 spiro atoms. The number of benzene rings is 1. The Morgan fingerprint density at radius 2 is 2.24 bits per heavy atom. The zero-order chi connectivity index (χ0) is 14.8. The molecular weight excluding hydrogens is 260 g/mol. The molecule has 114 valence electrons. The maximum Gasteiger partial charge on any atom is 0.220 e. The second kappa shape index (κ2) is 6.08. The van der Waals surface area contributed by atoms with Gasteiger partial charge < -0.3 is 11.1 Å². The molecule has 1 aromatic carbocycles. The van der Waals surface area contributed by atoms with Gasteiger partial charge in [0, 0.05) is 18.2 Å². The molecule has 2 aliphatic carbocycles. The molecule has 3 heteroatoms. The van der Waals surface area contributed by atoms with E-state index in [1.54, 1.807) is 0 Å². The van der Waals surface area contributed by atoms with Crippen molar-refractivity contribution < 1.29 is 4.79 Å². The number of nitrogens with one attached hydrogen (secondary N) is 1. The van der Waals surface area contributed by atoms with E-state index in [0.29, 0.717) is 18.4 Å². The number of hydrogen-bond donors (Lipinski definition) is 2. The van der Waals surface area contributed by atoms with Gasteiger partial charge in [-0.1, -0.05) is 18.6 Å². The van der Waals surface area contributed by atoms with Crippen molar-refractivity contribution in [3.05, 3.63) is 29.8 Å². The van der Waals surface area contributed by atoms with Crippen LogP contribution in [0.1, 0.15) is 44.6 Å². The molecule has 4 unspecified atom stereocenters. The summed E-state index contributed by atoms with van der Waals surface area (Å²) in [5.74, 6) is 2.68. The number of hydrogen-bond acceptors (Lipinski definition) is 2. The third-order valence-corrected chi connectivity index (χ3v) is 5.42. The van der Waals surface area contributed by atoms with Gasteiger partial charge in [-0.25, -0.2) is 0 Å². The maximum absolute atomic E-state index is 12.1. The van der Waals surface area contributed by atoms with E-state index >= 15 is 0 Å². The van der Waals surface area contributed by atoms with Gasteiger partial charge in [-0.2, -0.15) is 0 Å². The number of nitrogens with two attached hydrogens (primary N) is 1. The molecule has 0 radical (unpaired) electrons. The van der Waals surface area contributed by atoms with E-state index in [-0.39, 0.29) is 5.91 Å². The van der Waals surface area contributed by atoms with E-state index in [9.17, 15) is 4.79 Å². The van der Waals surface area contributed by atoms with Crippen molar-refractivity contribution in [2.24, 2.45) is 17.8 Å². The van der Waals surface area contributed by atoms with E-state index in [1.807, 2.05) is 24.3 Å². The molecule has 3 nitrogen and oxygen atoms in total. The lowest BCUT2D eigenvalue weighted by molar-refractivity contribution is -0.122. The fourth-order valence-corrected chi connectivity index (χ4v) is 4.35. The fourth-order valence-electron chi connectivity index (χ4n) is 4.35. The van der Waals surface area contributed by atoms with Crippen molar-refractivity contribution in [3.63, 3.8) is 0 Å². The fraction of sp³-hybridized carbons (Fsp3) is 0.611. The Bertz CT molecular complexity index is 514. The van der Waals surface area contributed by atoms with Crippen molar-refractivity contribution >= 4 is 11.6 Å². The lowest BCUT2D eigenvalue weighted by Crippen LogP contribution is -2.40. The number of carbonyl (C=O) groups is 1. The van der Waals surface area contributed by atoms with Crippen LogP contribution in [0.25, 0.3) is 0 Å². The average Bonchev–Trinajstić information content (AvgIpc) is 3.08. The molecule has 0 aliphatic heterocycles. The molecule has 2 fully saturated rings. The number of rotatable bonds is 5. The molecule has 3 rings (SSSR count). The van der Waals surface area contributed by atoms with E-state index in [4.69, 9.17) is 5.73 Å². The van der Waals surface area contributed by atoms with Gasteiger partial charge in [0.05, 0.1) is 0 Å². The van der Waals surface area contributed by atoms with E-state index in [2.05, 4.69) is 12.2 Å². The average molecular weight is 286 g/mol. The van der Waals surface area contributed by atoms with Crippen LogP contribution in [0, 0.1) is 17.8 Å². The van der Waals surface area contributed by atoms with Crippen LogP contribution in [0.4, 0.5) is 5.69 Å². The SMILES string of the molecule is CC(NC(=O)CCc1cccc(N)c1)C1CC2CCC1C2. The lowest BCUT2D eigenvalue weighted by Gasteiger charge is -2.28. The molecule has 0 saturated heterocycles. The number of aryl methyl sites for hydroxylation is 1. The first-order chi connectivity index (χ1) is 10.1. The number of fused-ring (bicyclic) bond motifs is 2. The van der Waals surface area contributed by atoms with Gasteiger partial charge in [0.15, 0.2) is 0 Å². The molecule has 0 heterocycles. The number of amides is 1. The highest BCUT2D eigenvalue weighted by molar-refractivity contribution is 5.76. The summed E-state index contributed by atoms with van der Waals surface area (Å²) in [7, 11) is 0. The summed E-state index contributed by atoms with van der Waals surface area (Å²) in [6.07, 6.45) is 6.82. The van der Waals surface area contributed by atoms with Gasteiger partial charge in [-0.05, 0) is 68.1 Å². The zero-order valence-corrected chi connectivity index (χ0v) is 12.8. The minimum absolute atomic E-state index is 0.174. The highest BCUT2D eigenvalue weighted by Crippen LogP contribution is 2.49. The predicted molar refractivity (Wildman–Crippen MR) is 85.7 cm³/mol. The Hall–Kier alpha value is -1.51. The second-order valence-electron chi connectivity index (χ2n) is 6.94. The van der Waals surface area contributed by atoms with E-state index in [1.165, 1.54) is 25.7 Å². The number of carbonyl (C=O) groups excluding carboxylic acids is 1. The first kappa shape index (κ1) is 14.4. The number of anilines is 1. The summed E-state index contributed by atoms with van der Waals surface area (Å²) < 4.78 is 0. The highest BCUT2D eigenvalue weighted by atomic mass is 16.1. The molecule has 1 aromatic rings. The first-order valence-corrected chi connectivity index (χ1v) is 8.25. The topological polar surface area (TPSA) is 55.1 Å². The predicted octanol–water partition coefficient (Wildman–Crippen LogP) is 3.14. The van der Waals surface area contributed by atoms with Crippen molar-refractivity contribution in [1.29, 1.82) is 0 Å². The van der Waals surface area contributed by atoms with Crippen LogP contribution in [0.3, 0.4) is 0 Å². The Kier molecular flexibility index (Phi) is 4.18. The minimum atomic E-state index is 0.174. The Balaban J connectivity index is 1.46. The van der Waals surface area contributed by atoms with Crippen molar-refractivity contribution in [2.45, 2.75) is 51.5 Å². The van der Waals surface area contributed by atoms with Gasteiger partial charge >= 0.3 is 0 Å². The monoisotopic (exact) mass is 286 g/mol. The van der Waals surface area contributed by atoms with Crippen LogP contribution < -0.4 is 11.1 Å². The van der Waals surface area contributed by atoms with Crippen LogP contribution in [-0.2, 0) is 11.2 Å². The molecule has 4 atom stereocenters. The van der Waals surface area contributed by atoms with Crippen molar-refractivity contribution in [3.8, 4) is 0 Å². The third kappa shape index (κ3) is 3.39. The van der Waals surface area contributed by atoms with Gasteiger partial charge in [0.25, 0.3) is 0 Å². The van der Waals surface area contributed by atoms with Crippen LogP contribution in [-0.4, -0.2) is 11.9 Å². The molecular formula is C18H26N2O. The van der Waals surface area contributed by atoms with Gasteiger partial charge in [-0.15, -0.1) is 0 Å². The summed E-state index contributed by atoms with van der Waals surface area (Å²) in [4.78, 5) is 12.1. The minimum Gasteiger partial charge on any atom is -0.399 e. The molecule has 1 amide bonds.